The third kappa shape index (κ3) is 4.29. The summed E-state index contributed by atoms with van der Waals surface area (Å²) in [7, 11) is 0. The van der Waals surface area contributed by atoms with E-state index in [1.807, 2.05) is 0 Å². The average Bonchev–Trinajstić information content (AvgIpc) is 3.31. The highest BCUT2D eigenvalue weighted by Crippen LogP contribution is 2.19. The maximum atomic E-state index is 12.4. The number of thiazole rings is 1. The molecule has 138 valence electrons. The van der Waals surface area contributed by atoms with Crippen LogP contribution in [0.2, 0.25) is 0 Å². The highest BCUT2D eigenvalue weighted by molar-refractivity contribution is 7.13. The third-order valence-electron chi connectivity index (χ3n) is 4.31. The highest BCUT2D eigenvalue weighted by Gasteiger charge is 2.29. The summed E-state index contributed by atoms with van der Waals surface area (Å²) < 4.78 is 5.09. The molecule has 1 saturated heterocycles. The predicted octanol–water partition coefficient (Wildman–Crippen LogP) is 1.65. The van der Waals surface area contributed by atoms with Crippen molar-refractivity contribution in [2.75, 3.05) is 25.0 Å². The highest BCUT2D eigenvalue weighted by atomic mass is 32.1. The fourth-order valence-electron chi connectivity index (χ4n) is 2.89. The van der Waals surface area contributed by atoms with Crippen LogP contribution >= 0.6 is 11.3 Å². The van der Waals surface area contributed by atoms with Crippen LogP contribution in [0, 0.1) is 12.8 Å². The Morgan fingerprint density at radius 3 is 2.96 bits per heavy atom. The molecule has 3 amide bonds. The van der Waals surface area contributed by atoms with Gasteiger partial charge in [-0.3, -0.25) is 14.4 Å². The molecule has 2 aromatic rings. The van der Waals surface area contributed by atoms with Crippen LogP contribution in [0.4, 0.5) is 5.13 Å². The summed E-state index contributed by atoms with van der Waals surface area (Å²) in [4.78, 5) is 42.4. The fourth-order valence-corrected chi connectivity index (χ4v) is 3.43. The Morgan fingerprint density at radius 2 is 2.27 bits per heavy atom. The molecule has 3 heterocycles. The number of anilines is 1. The second-order valence-electron chi connectivity index (χ2n) is 6.08. The lowest BCUT2D eigenvalue weighted by atomic mass is 9.97. The second-order valence-corrected chi connectivity index (χ2v) is 6.97. The molecule has 8 nitrogen and oxygen atoms in total. The number of nitrogens with one attached hydrogen (secondary N) is 2. The molecule has 9 heteroatoms. The standard InChI is InChI=1S/C17H20N4O4S/c1-11-13(4-7-25-11)16(24)19-9-14(22)21-6-2-3-12(10-21)15(23)20-17-18-5-8-26-17/h4-5,7-8,12H,2-3,6,9-10H2,1H3,(H,19,24)(H,18,20,23). The van der Waals surface area contributed by atoms with Crippen molar-refractivity contribution in [3.63, 3.8) is 0 Å². The van der Waals surface area contributed by atoms with Crippen molar-refractivity contribution in [3.8, 4) is 0 Å². The van der Waals surface area contributed by atoms with E-state index in [1.165, 1.54) is 17.6 Å². The van der Waals surface area contributed by atoms with Crippen molar-refractivity contribution in [1.82, 2.24) is 15.2 Å². The molecule has 1 unspecified atom stereocenters. The van der Waals surface area contributed by atoms with E-state index in [0.29, 0.717) is 29.5 Å². The summed E-state index contributed by atoms with van der Waals surface area (Å²) in [6.07, 6.45) is 4.53. The summed E-state index contributed by atoms with van der Waals surface area (Å²) >= 11 is 1.35. The zero-order chi connectivity index (χ0) is 18.5. The Morgan fingerprint density at radius 1 is 1.42 bits per heavy atom. The van der Waals surface area contributed by atoms with Crippen LogP contribution in [0.25, 0.3) is 0 Å². The van der Waals surface area contributed by atoms with Gasteiger partial charge in [0.15, 0.2) is 5.13 Å². The maximum Gasteiger partial charge on any atom is 0.255 e. The summed E-state index contributed by atoms with van der Waals surface area (Å²) in [5, 5.41) is 7.73. The predicted molar refractivity (Wildman–Crippen MR) is 95.8 cm³/mol. The number of aryl methyl sites for hydroxylation is 1. The van der Waals surface area contributed by atoms with E-state index in [1.54, 1.807) is 29.5 Å². The smallest absolute Gasteiger partial charge is 0.255 e. The zero-order valence-electron chi connectivity index (χ0n) is 14.4. The molecular weight excluding hydrogens is 356 g/mol. The van der Waals surface area contributed by atoms with E-state index in [0.717, 1.165) is 12.8 Å². The van der Waals surface area contributed by atoms with Crippen molar-refractivity contribution in [1.29, 1.82) is 0 Å². The first-order valence-electron chi connectivity index (χ1n) is 8.35. The van der Waals surface area contributed by atoms with Crippen LogP contribution in [0.5, 0.6) is 0 Å². The van der Waals surface area contributed by atoms with Crippen molar-refractivity contribution < 1.29 is 18.8 Å². The van der Waals surface area contributed by atoms with Gasteiger partial charge in [-0.2, -0.15) is 0 Å². The molecule has 1 atom stereocenters. The molecule has 0 bridgehead atoms. The number of aromatic nitrogens is 1. The molecule has 3 rings (SSSR count). The molecule has 1 fully saturated rings. The summed E-state index contributed by atoms with van der Waals surface area (Å²) in [5.41, 5.74) is 0.414. The molecular formula is C17H20N4O4S. The van der Waals surface area contributed by atoms with E-state index >= 15 is 0 Å². The maximum absolute atomic E-state index is 12.4. The van der Waals surface area contributed by atoms with E-state index < -0.39 is 0 Å². The minimum atomic E-state index is -0.348. The first-order chi connectivity index (χ1) is 12.5. The number of hydrogen-bond donors (Lipinski definition) is 2. The molecule has 2 aromatic heterocycles. The number of furan rings is 1. The van der Waals surface area contributed by atoms with E-state index in [4.69, 9.17) is 4.42 Å². The van der Waals surface area contributed by atoms with Crippen molar-refractivity contribution >= 4 is 34.2 Å². The van der Waals surface area contributed by atoms with Gasteiger partial charge in [0.05, 0.1) is 24.3 Å². The fraction of sp³-hybridized carbons (Fsp3) is 0.412. The van der Waals surface area contributed by atoms with Gasteiger partial charge in [0, 0.05) is 24.7 Å². The number of hydrogen-bond acceptors (Lipinski definition) is 6. The summed E-state index contributed by atoms with van der Waals surface area (Å²) in [6.45, 7) is 2.51. The van der Waals surface area contributed by atoms with Gasteiger partial charge in [0.25, 0.3) is 5.91 Å². The molecule has 0 spiro atoms. The monoisotopic (exact) mass is 376 g/mol. The van der Waals surface area contributed by atoms with Gasteiger partial charge < -0.3 is 20.0 Å². The van der Waals surface area contributed by atoms with E-state index in [-0.39, 0.29) is 30.2 Å². The molecule has 1 aliphatic rings. The van der Waals surface area contributed by atoms with Crippen LogP contribution in [-0.2, 0) is 9.59 Å². The number of carbonyl (C=O) groups is 3. The van der Waals surface area contributed by atoms with Crippen LogP contribution < -0.4 is 10.6 Å². The largest absolute Gasteiger partial charge is 0.469 e. The van der Waals surface area contributed by atoms with Gasteiger partial charge in [-0.1, -0.05) is 0 Å². The normalized spacial score (nSPS) is 17.0. The molecule has 0 aromatic carbocycles. The van der Waals surface area contributed by atoms with Crippen molar-refractivity contribution in [2.24, 2.45) is 5.92 Å². The van der Waals surface area contributed by atoms with Crippen molar-refractivity contribution in [2.45, 2.75) is 19.8 Å². The average molecular weight is 376 g/mol. The van der Waals surface area contributed by atoms with Crippen molar-refractivity contribution in [3.05, 3.63) is 35.2 Å². The van der Waals surface area contributed by atoms with Crippen LogP contribution in [0.1, 0.15) is 29.0 Å². The van der Waals surface area contributed by atoms with Gasteiger partial charge in [-0.15, -0.1) is 11.3 Å². The Bertz CT molecular complexity index is 787. The summed E-state index contributed by atoms with van der Waals surface area (Å²) in [6, 6.07) is 1.56. The van der Waals surface area contributed by atoms with Crippen LogP contribution in [0.15, 0.2) is 28.3 Å². The Labute approximate surface area is 154 Å². The quantitative estimate of drug-likeness (QED) is 0.826. The Hall–Kier alpha value is -2.68. The van der Waals surface area contributed by atoms with Gasteiger partial charge in [-0.25, -0.2) is 4.98 Å². The molecule has 2 N–H and O–H groups in total. The van der Waals surface area contributed by atoms with Crippen LogP contribution in [-0.4, -0.2) is 47.2 Å². The zero-order valence-corrected chi connectivity index (χ0v) is 15.2. The summed E-state index contributed by atoms with van der Waals surface area (Å²) in [5.74, 6) is -0.448. The van der Waals surface area contributed by atoms with Gasteiger partial charge >= 0.3 is 0 Å². The third-order valence-corrected chi connectivity index (χ3v) is 5.00. The molecule has 0 saturated carbocycles. The topological polar surface area (TPSA) is 105 Å². The number of likely N-dealkylation sites (tertiary alicyclic amines) is 1. The lowest BCUT2D eigenvalue weighted by molar-refractivity contribution is -0.133. The van der Waals surface area contributed by atoms with Gasteiger partial charge in [0.2, 0.25) is 11.8 Å². The Kier molecular flexibility index (Phi) is 5.67. The lowest BCUT2D eigenvalue weighted by Crippen LogP contribution is -2.47. The first-order valence-corrected chi connectivity index (χ1v) is 9.23. The second kappa shape index (κ2) is 8.13. The number of amides is 3. The number of rotatable bonds is 5. The van der Waals surface area contributed by atoms with Crippen LogP contribution in [0.3, 0.4) is 0 Å². The minimum absolute atomic E-state index is 0.107. The molecule has 0 radical (unpaired) electrons. The van der Waals surface area contributed by atoms with E-state index in [2.05, 4.69) is 15.6 Å². The number of carbonyl (C=O) groups excluding carboxylic acids is 3. The SMILES string of the molecule is Cc1occc1C(=O)NCC(=O)N1CCCC(C(=O)Nc2nccs2)C1. The lowest BCUT2D eigenvalue weighted by Gasteiger charge is -2.32. The Balaban J connectivity index is 1.50. The number of nitrogens with zero attached hydrogens (tertiary/aromatic N) is 2. The molecule has 0 aliphatic carbocycles. The molecule has 26 heavy (non-hydrogen) atoms. The minimum Gasteiger partial charge on any atom is -0.469 e. The van der Waals surface area contributed by atoms with Gasteiger partial charge in [-0.05, 0) is 25.8 Å². The van der Waals surface area contributed by atoms with E-state index in [9.17, 15) is 14.4 Å². The van der Waals surface area contributed by atoms with Gasteiger partial charge in [0.1, 0.15) is 5.76 Å². The first kappa shape index (κ1) is 18.1. The number of piperidine rings is 1. The molecule has 1 aliphatic heterocycles.